The lowest BCUT2D eigenvalue weighted by molar-refractivity contribution is -0.130. The second kappa shape index (κ2) is 35.8. The monoisotopic (exact) mass is 1660 g/mol. The van der Waals surface area contributed by atoms with Crippen molar-refractivity contribution in [2.75, 3.05) is 0 Å². The fourth-order valence-electron chi connectivity index (χ4n) is 32.6. The van der Waals surface area contributed by atoms with Crippen LogP contribution in [0.3, 0.4) is 0 Å². The lowest BCUT2D eigenvalue weighted by Gasteiger charge is -2.59. The Bertz CT molecular complexity index is 4520. The zero-order chi connectivity index (χ0) is 85.9. The summed E-state index contributed by atoms with van der Waals surface area (Å²) >= 11 is 0. The van der Waals surface area contributed by atoms with Gasteiger partial charge in [-0.15, -0.1) is 0 Å². The van der Waals surface area contributed by atoms with Crippen molar-refractivity contribution < 1.29 is 44.7 Å². The van der Waals surface area contributed by atoms with Crippen LogP contribution in [0.5, 0.6) is 0 Å². The minimum absolute atomic E-state index is 0.117. The molecule has 0 aromatic carbocycles. The number of rotatable bonds is 13. The van der Waals surface area contributed by atoms with E-state index in [2.05, 4.69) is 119 Å². The largest absolute Gasteiger partial charge is 0.393 e. The van der Waals surface area contributed by atoms with Crippen molar-refractivity contribution >= 4 is 29.7 Å². The topological polar surface area (TPSA) is 221 Å². The number of aldehydes is 1. The molecule has 0 saturated heterocycles. The van der Waals surface area contributed by atoms with Gasteiger partial charge in [0.1, 0.15) is 11.6 Å². The van der Waals surface area contributed by atoms with E-state index in [1.54, 1.807) is 41.9 Å². The number of hydrogen-bond acceptors (Lipinski definition) is 13. The zero-order valence-electron chi connectivity index (χ0n) is 75.9. The third kappa shape index (κ3) is 16.8. The SMILES string of the molecule is CC(=O)[C@H]1CC[C@H]2[C@@H]3CC=C4C[C@@H](O)CC[C@]4(C)[C@H]3CC[C@]12C.C[C@]12CC[C@H]3[C@@H](CC=C4C[C@@H](O)CC[C@@]43C)[C@@H]1CC[C@@H]2C(=O)/C=C/c1cccnc1.C[C@]12CC[C@H]3[C@@H](CC=C4C[C@@H](O)CC[C@@]43C)[C@@H]1CC[C@@H]2C(=O)CCc1cccnc1.C[C@]12CC[C@H]3[C@@H](CC=C4C[C@@H](O)CC[C@@]43C)[C@@H]1CC[C@@H]2[C@](C)(O)CCc1cccnc1.O=Cc1cccnc1. The Morgan fingerprint density at radius 1 is 0.410 bits per heavy atom. The van der Waals surface area contributed by atoms with E-state index in [4.69, 9.17) is 0 Å². The molecule has 0 amide bonds. The van der Waals surface area contributed by atoms with Gasteiger partial charge in [0, 0.05) is 79.3 Å². The number of hydrogen-bond donors (Lipinski definition) is 5. The number of carbonyl (C=O) groups excluding carboxylic acids is 4. The molecule has 0 aliphatic heterocycles. The maximum Gasteiger partial charge on any atom is 0.159 e. The van der Waals surface area contributed by atoms with E-state index in [1.807, 2.05) is 68.1 Å². The minimum Gasteiger partial charge on any atom is -0.393 e. The first-order chi connectivity index (χ1) is 58.4. The normalized spacial score (nSPS) is 42.6. The van der Waals surface area contributed by atoms with E-state index < -0.39 is 5.60 Å². The minimum atomic E-state index is -0.624. The Morgan fingerprint density at radius 2 is 0.762 bits per heavy atom. The van der Waals surface area contributed by atoms with E-state index in [9.17, 15) is 44.7 Å². The van der Waals surface area contributed by atoms with Crippen LogP contribution in [0, 0.1) is 138 Å². The molecule has 122 heavy (non-hydrogen) atoms. The molecule has 5 N–H and O–H groups in total. The number of fused-ring (bicyclic) bond motifs is 20. The van der Waals surface area contributed by atoms with Crippen LogP contribution in [0.15, 0.2) is 151 Å². The average Bonchev–Trinajstić information content (AvgIpc) is 1.48. The predicted octanol–water partition coefficient (Wildman–Crippen LogP) is 22.2. The molecule has 0 unspecified atom stereocenters. The number of aliphatic hydroxyl groups excluding tert-OH is 4. The summed E-state index contributed by atoms with van der Waals surface area (Å²) in [6.07, 6.45) is 67.2. The molecule has 0 radical (unpaired) electrons. The molecule has 4 heterocycles. The number of aryl methyl sites for hydroxylation is 2. The summed E-state index contributed by atoms with van der Waals surface area (Å²) in [6.45, 7) is 23.6. The highest BCUT2D eigenvalue weighted by Crippen LogP contribution is 2.72. The Kier molecular flexibility index (Phi) is 26.2. The van der Waals surface area contributed by atoms with Gasteiger partial charge in [0.25, 0.3) is 0 Å². The summed E-state index contributed by atoms with van der Waals surface area (Å²) in [6, 6.07) is 15.5. The van der Waals surface area contributed by atoms with Crippen molar-refractivity contribution in [1.29, 1.82) is 0 Å². The van der Waals surface area contributed by atoms with Crippen LogP contribution in [-0.4, -0.2) is 99.1 Å². The third-order valence-electron chi connectivity index (χ3n) is 39.3. The quantitative estimate of drug-likeness (QED) is 0.0478. The maximum absolute atomic E-state index is 13.3. The average molecular weight is 1660 g/mol. The summed E-state index contributed by atoms with van der Waals surface area (Å²) in [5.41, 5.74) is 11.5. The van der Waals surface area contributed by atoms with Gasteiger partial charge in [-0.25, -0.2) is 0 Å². The molecule has 12 saturated carbocycles. The van der Waals surface area contributed by atoms with Crippen molar-refractivity contribution in [3.63, 3.8) is 0 Å². The third-order valence-corrected chi connectivity index (χ3v) is 39.3. The molecule has 4 aromatic rings. The molecule has 13 nitrogen and oxygen atoms in total. The predicted molar refractivity (Wildman–Crippen MR) is 484 cm³/mol. The van der Waals surface area contributed by atoms with E-state index in [0.717, 1.165) is 194 Å². The Labute approximate surface area is 731 Å². The highest BCUT2D eigenvalue weighted by molar-refractivity contribution is 5.96. The van der Waals surface area contributed by atoms with Crippen molar-refractivity contribution in [2.45, 2.75) is 330 Å². The second-order valence-corrected chi connectivity index (χ2v) is 44.9. The lowest BCUT2D eigenvalue weighted by atomic mass is 9.46. The molecule has 16 aliphatic carbocycles. The Hall–Kier alpha value is -6.22. The van der Waals surface area contributed by atoms with Gasteiger partial charge in [0.2, 0.25) is 0 Å². The highest BCUT2D eigenvalue weighted by Gasteiger charge is 2.65. The van der Waals surface area contributed by atoms with Crippen LogP contribution in [0.2, 0.25) is 0 Å². The van der Waals surface area contributed by atoms with Crippen molar-refractivity contribution in [2.24, 2.45) is 138 Å². The van der Waals surface area contributed by atoms with Crippen LogP contribution < -0.4 is 0 Å². The highest BCUT2D eigenvalue weighted by atomic mass is 16.3. The molecule has 0 bridgehead atoms. The standard InChI is InChI=1S/C28H41NO2.C27H37NO2.C27H35NO2.C21H32O2.C6H5NO/c1-26-13-11-21(30)17-20(26)6-7-22-23-8-9-25(27(23,2)14-12-24(22)26)28(3,31)15-10-19-5-4-16-29-18-19;2*1-26-13-11-20(29)16-19(26)6-7-21-22-8-9-24(27(22,2)14-12-23(21)26)25(30)10-5-18-4-3-15-28-17-18;1-13(22)17-6-7-18-16-5-4-14-12-15(23)8-10-20(14,2)19(16)9-11-21(17,18)3;8-5-6-2-1-3-7-4-6/h4-6,16,18,21-25,30-31H,7-15,17H2,1-3H3;3-4,6,15,17,20-24,29H,5,7-14,16H2,1-2H3;3-6,10,15,17,20-24,29H,7-9,11-14,16H2,1-2H3;4,15-19,23H,5-12H2,1-3H3;1-5H/b;;10-5+;;/t21-,22-,23-,24-,25-,26-,27-,28+;2*20-,21-,22-,23-,24+,26-,27-;15-,16-,17+,18-,19-,20-,21+;/m0000./s1. The maximum atomic E-state index is 13.3. The number of Topliss-reactive ketones (excluding diaryl/α,β-unsaturated/α-hetero) is 2. The van der Waals surface area contributed by atoms with Gasteiger partial charge in [-0.3, -0.25) is 39.1 Å². The van der Waals surface area contributed by atoms with Gasteiger partial charge in [-0.05, 0) is 418 Å². The molecule has 16 aliphatic rings. The smallest absolute Gasteiger partial charge is 0.159 e. The molecule has 660 valence electrons. The first-order valence-electron chi connectivity index (χ1n) is 48.9. The van der Waals surface area contributed by atoms with Crippen LogP contribution >= 0.6 is 0 Å². The van der Waals surface area contributed by atoms with Crippen LogP contribution in [0.4, 0.5) is 0 Å². The Balaban J connectivity index is 0.000000117. The number of allylic oxidation sites excluding steroid dienone is 5. The molecule has 13 heteroatoms. The molecule has 20 rings (SSSR count). The van der Waals surface area contributed by atoms with Gasteiger partial charge in [0.05, 0.1) is 30.0 Å². The van der Waals surface area contributed by atoms with E-state index in [-0.39, 0.29) is 68.7 Å². The molecule has 0 spiro atoms. The molecular formula is C109H150N4O9. The summed E-state index contributed by atoms with van der Waals surface area (Å²) in [5.74, 6) is 11.0. The second-order valence-electron chi connectivity index (χ2n) is 44.9. The summed E-state index contributed by atoms with van der Waals surface area (Å²) in [7, 11) is 0. The molecule has 4 aromatic heterocycles. The summed E-state index contributed by atoms with van der Waals surface area (Å²) in [4.78, 5) is 65.0. The molecule has 12 fully saturated rings. The van der Waals surface area contributed by atoms with Gasteiger partial charge in [0.15, 0.2) is 12.1 Å². The van der Waals surface area contributed by atoms with E-state index >= 15 is 0 Å². The van der Waals surface area contributed by atoms with Crippen molar-refractivity contribution in [1.82, 2.24) is 19.9 Å². The van der Waals surface area contributed by atoms with Crippen LogP contribution in [0.1, 0.15) is 315 Å². The zero-order valence-corrected chi connectivity index (χ0v) is 75.9. The van der Waals surface area contributed by atoms with Gasteiger partial charge >= 0.3 is 0 Å². The first-order valence-corrected chi connectivity index (χ1v) is 48.9. The van der Waals surface area contributed by atoms with E-state index in [0.29, 0.717) is 69.8 Å². The van der Waals surface area contributed by atoms with Gasteiger partial charge in [-0.2, -0.15) is 0 Å². The van der Waals surface area contributed by atoms with Crippen LogP contribution in [0.25, 0.3) is 6.08 Å². The van der Waals surface area contributed by atoms with Gasteiger partial charge in [-0.1, -0.05) is 120 Å². The number of aliphatic hydroxyl groups is 5. The van der Waals surface area contributed by atoms with Crippen LogP contribution in [-0.2, 0) is 27.2 Å². The summed E-state index contributed by atoms with van der Waals surface area (Å²) < 4.78 is 0. The fraction of sp³-hybridized carbons (Fsp3) is 0.688. The van der Waals surface area contributed by atoms with E-state index in [1.165, 1.54) is 125 Å². The van der Waals surface area contributed by atoms with Crippen molar-refractivity contribution in [3.05, 3.63) is 173 Å². The fourth-order valence-corrected chi connectivity index (χ4v) is 32.6. The summed E-state index contributed by atoms with van der Waals surface area (Å²) in [5, 5.41) is 52.4. The number of ketones is 3. The number of nitrogens with zero attached hydrogens (tertiary/aromatic N) is 4. The number of carbonyl (C=O) groups is 4. The van der Waals surface area contributed by atoms with Gasteiger partial charge < -0.3 is 25.5 Å². The molecule has 29 atom stereocenters. The number of aromatic nitrogens is 4. The first kappa shape index (κ1) is 89.2. The lowest BCUT2D eigenvalue weighted by Crippen LogP contribution is -2.53. The number of pyridine rings is 4. The van der Waals surface area contributed by atoms with Crippen molar-refractivity contribution in [3.8, 4) is 0 Å². The molecular weight excluding hydrogens is 1510 g/mol. The Morgan fingerprint density at radius 3 is 1.15 bits per heavy atom.